The van der Waals surface area contributed by atoms with Crippen LogP contribution in [0.15, 0.2) is 18.2 Å². The van der Waals surface area contributed by atoms with Crippen molar-refractivity contribution < 1.29 is 23.0 Å². The van der Waals surface area contributed by atoms with Gasteiger partial charge in [0.25, 0.3) is 0 Å². The smallest absolute Gasteiger partial charge is 0.325 e. The molecule has 0 spiro atoms. The van der Waals surface area contributed by atoms with E-state index in [1.165, 1.54) is 6.07 Å². The van der Waals surface area contributed by atoms with E-state index in [4.69, 9.17) is 15.2 Å². The predicted octanol–water partition coefficient (Wildman–Crippen LogP) is 2.40. The van der Waals surface area contributed by atoms with E-state index in [0.29, 0.717) is 12.8 Å². The van der Waals surface area contributed by atoms with Gasteiger partial charge < -0.3 is 15.2 Å². The fraction of sp³-hybridized carbons (Fsp3) is 0.500. The first-order valence-corrected chi connectivity index (χ1v) is 6.41. The molecule has 1 unspecified atom stereocenters. The van der Waals surface area contributed by atoms with Gasteiger partial charge in [-0.3, -0.25) is 4.79 Å². The molecular weight excluding hydrogens is 268 g/mol. The van der Waals surface area contributed by atoms with Gasteiger partial charge in [-0.05, 0) is 38.8 Å². The maximum absolute atomic E-state index is 13.3. The van der Waals surface area contributed by atoms with Crippen LogP contribution in [-0.4, -0.2) is 24.7 Å². The molecule has 0 radical (unpaired) electrons. The molecule has 4 nitrogen and oxygen atoms in total. The van der Waals surface area contributed by atoms with Gasteiger partial charge in [-0.2, -0.15) is 0 Å². The van der Waals surface area contributed by atoms with Crippen LogP contribution in [0.3, 0.4) is 0 Å². The third-order valence-electron chi connectivity index (χ3n) is 2.75. The molecule has 0 fully saturated rings. The van der Waals surface area contributed by atoms with Gasteiger partial charge in [-0.25, -0.2) is 8.78 Å². The minimum atomic E-state index is -1.13. The molecule has 1 rings (SSSR count). The molecule has 0 aliphatic carbocycles. The zero-order valence-corrected chi connectivity index (χ0v) is 11.6. The number of rotatable bonds is 7. The lowest BCUT2D eigenvalue weighted by Gasteiger charge is -2.22. The summed E-state index contributed by atoms with van der Waals surface area (Å²) in [6.45, 7) is 3.55. The van der Waals surface area contributed by atoms with Crippen molar-refractivity contribution in [1.82, 2.24) is 0 Å². The molecular formula is C14H19F2NO3. The third kappa shape index (κ3) is 4.45. The van der Waals surface area contributed by atoms with Crippen molar-refractivity contribution in [3.63, 3.8) is 0 Å². The molecule has 0 aliphatic rings. The number of esters is 1. The molecule has 0 heterocycles. The molecule has 0 amide bonds. The van der Waals surface area contributed by atoms with Crippen LogP contribution in [0.4, 0.5) is 8.78 Å². The molecule has 0 bridgehead atoms. The molecule has 0 saturated heterocycles. The zero-order valence-electron chi connectivity index (χ0n) is 11.6. The van der Waals surface area contributed by atoms with Gasteiger partial charge in [-0.15, -0.1) is 0 Å². The lowest BCUT2D eigenvalue weighted by atomic mass is 9.98. The number of hydrogen-bond acceptors (Lipinski definition) is 4. The van der Waals surface area contributed by atoms with Crippen molar-refractivity contribution in [2.24, 2.45) is 5.73 Å². The Bertz CT molecular complexity index is 443. The Kier molecular flexibility index (Phi) is 5.88. The Morgan fingerprint density at radius 1 is 1.35 bits per heavy atom. The summed E-state index contributed by atoms with van der Waals surface area (Å²) in [6, 6.07) is 3.49. The topological polar surface area (TPSA) is 61.5 Å². The van der Waals surface area contributed by atoms with Gasteiger partial charge in [0, 0.05) is 0 Å². The first kappa shape index (κ1) is 16.4. The molecule has 1 aromatic rings. The van der Waals surface area contributed by atoms with Gasteiger partial charge in [-0.1, -0.05) is 6.07 Å². The summed E-state index contributed by atoms with van der Waals surface area (Å²) in [4.78, 5) is 11.5. The van der Waals surface area contributed by atoms with E-state index in [0.717, 1.165) is 12.1 Å². The third-order valence-corrected chi connectivity index (χ3v) is 2.75. The van der Waals surface area contributed by atoms with Crippen LogP contribution in [0.5, 0.6) is 5.75 Å². The highest BCUT2D eigenvalue weighted by atomic mass is 19.1. The minimum absolute atomic E-state index is 0.0596. The number of carbonyl (C=O) groups excluding carboxylic acids is 1. The lowest BCUT2D eigenvalue weighted by Crippen LogP contribution is -2.46. The quantitative estimate of drug-likeness (QED) is 0.618. The van der Waals surface area contributed by atoms with Crippen LogP contribution in [0.2, 0.25) is 0 Å². The second kappa shape index (κ2) is 7.19. The standard InChI is InChI=1S/C14H19F2NO3/c1-3-19-13(18)14(2,17)8-5-9-20-12-10(15)6-4-7-11(12)16/h4,6-7H,3,5,8-9,17H2,1-2H3. The summed E-state index contributed by atoms with van der Waals surface area (Å²) >= 11 is 0. The Labute approximate surface area is 116 Å². The molecule has 20 heavy (non-hydrogen) atoms. The van der Waals surface area contributed by atoms with Gasteiger partial charge in [0.15, 0.2) is 17.4 Å². The summed E-state index contributed by atoms with van der Waals surface area (Å²) < 4.78 is 36.4. The maximum Gasteiger partial charge on any atom is 0.325 e. The fourth-order valence-corrected chi connectivity index (χ4v) is 1.63. The number of carbonyl (C=O) groups is 1. The Hall–Kier alpha value is -1.69. The highest BCUT2D eigenvalue weighted by molar-refractivity contribution is 5.79. The van der Waals surface area contributed by atoms with E-state index in [2.05, 4.69) is 0 Å². The average Bonchev–Trinajstić information content (AvgIpc) is 2.37. The number of halogens is 2. The second-order valence-corrected chi connectivity index (χ2v) is 4.64. The summed E-state index contributed by atoms with van der Waals surface area (Å²) in [5.74, 6) is -2.43. The minimum Gasteiger partial charge on any atom is -0.488 e. The van der Waals surface area contributed by atoms with Crippen LogP contribution in [0.25, 0.3) is 0 Å². The van der Waals surface area contributed by atoms with E-state index >= 15 is 0 Å². The molecule has 1 aromatic carbocycles. The molecule has 0 aromatic heterocycles. The lowest BCUT2D eigenvalue weighted by molar-refractivity contribution is -0.149. The molecule has 1 atom stereocenters. The molecule has 6 heteroatoms. The van der Waals surface area contributed by atoms with Gasteiger partial charge >= 0.3 is 5.97 Å². The largest absolute Gasteiger partial charge is 0.488 e. The average molecular weight is 287 g/mol. The van der Waals surface area contributed by atoms with E-state index in [-0.39, 0.29) is 13.2 Å². The van der Waals surface area contributed by atoms with Crippen LogP contribution in [-0.2, 0) is 9.53 Å². The number of ether oxygens (including phenoxy) is 2. The zero-order chi connectivity index (χ0) is 15.2. The molecule has 0 saturated carbocycles. The van der Waals surface area contributed by atoms with Crippen LogP contribution in [0.1, 0.15) is 26.7 Å². The van der Waals surface area contributed by atoms with E-state index in [1.807, 2.05) is 0 Å². The SMILES string of the molecule is CCOC(=O)C(C)(N)CCCOc1c(F)cccc1F. The van der Waals surface area contributed by atoms with Gasteiger partial charge in [0.2, 0.25) is 0 Å². The van der Waals surface area contributed by atoms with Crippen LogP contribution in [0, 0.1) is 11.6 Å². The van der Waals surface area contributed by atoms with E-state index < -0.39 is 28.9 Å². The van der Waals surface area contributed by atoms with Crippen molar-refractivity contribution in [1.29, 1.82) is 0 Å². The number of nitrogens with two attached hydrogens (primary N) is 1. The number of benzene rings is 1. The van der Waals surface area contributed by atoms with Crippen LogP contribution >= 0.6 is 0 Å². The summed E-state index contributed by atoms with van der Waals surface area (Å²) in [5.41, 5.74) is 4.68. The van der Waals surface area contributed by atoms with Crippen molar-refractivity contribution in [3.8, 4) is 5.75 Å². The Balaban J connectivity index is 2.44. The normalized spacial score (nSPS) is 13.7. The van der Waals surface area contributed by atoms with E-state index in [1.54, 1.807) is 13.8 Å². The van der Waals surface area contributed by atoms with Crippen molar-refractivity contribution in [3.05, 3.63) is 29.8 Å². The Morgan fingerprint density at radius 2 is 1.95 bits per heavy atom. The second-order valence-electron chi connectivity index (χ2n) is 4.64. The molecule has 2 N–H and O–H groups in total. The van der Waals surface area contributed by atoms with Gasteiger partial charge in [0.05, 0.1) is 13.2 Å². The summed E-state index contributed by atoms with van der Waals surface area (Å²) in [7, 11) is 0. The maximum atomic E-state index is 13.3. The highest BCUT2D eigenvalue weighted by Gasteiger charge is 2.29. The summed E-state index contributed by atoms with van der Waals surface area (Å²) in [5, 5.41) is 0. The first-order chi connectivity index (χ1) is 9.38. The van der Waals surface area contributed by atoms with Crippen molar-refractivity contribution in [2.75, 3.05) is 13.2 Å². The summed E-state index contributed by atoms with van der Waals surface area (Å²) in [6.07, 6.45) is 0.668. The highest BCUT2D eigenvalue weighted by Crippen LogP contribution is 2.21. The molecule has 0 aliphatic heterocycles. The number of para-hydroxylation sites is 1. The fourth-order valence-electron chi connectivity index (χ4n) is 1.63. The van der Waals surface area contributed by atoms with Gasteiger partial charge in [0.1, 0.15) is 5.54 Å². The predicted molar refractivity (Wildman–Crippen MR) is 70.3 cm³/mol. The molecule has 112 valence electrons. The Morgan fingerprint density at radius 3 is 2.50 bits per heavy atom. The van der Waals surface area contributed by atoms with Crippen LogP contribution < -0.4 is 10.5 Å². The van der Waals surface area contributed by atoms with Crippen molar-refractivity contribution in [2.45, 2.75) is 32.2 Å². The number of hydrogen-bond donors (Lipinski definition) is 1. The van der Waals surface area contributed by atoms with Crippen molar-refractivity contribution >= 4 is 5.97 Å². The van der Waals surface area contributed by atoms with E-state index in [9.17, 15) is 13.6 Å². The first-order valence-electron chi connectivity index (χ1n) is 6.41. The monoisotopic (exact) mass is 287 g/mol.